The number of amides is 1. The van der Waals surface area contributed by atoms with Gasteiger partial charge in [-0.3, -0.25) is 0 Å². The molecule has 9 atom stereocenters. The van der Waals surface area contributed by atoms with E-state index in [2.05, 4.69) is 84.4 Å². The maximum absolute atomic E-state index is 12.7. The Balaban J connectivity index is 0.993. The van der Waals surface area contributed by atoms with Gasteiger partial charge in [0.2, 0.25) is 0 Å². The van der Waals surface area contributed by atoms with Crippen molar-refractivity contribution in [3.63, 3.8) is 0 Å². The number of carbonyl (C=O) groups is 1. The maximum Gasteiger partial charge on any atom is 0.407 e. The molecular formula is C48H86N3O8P. The van der Waals surface area contributed by atoms with Crippen LogP contribution in [0.25, 0.3) is 0 Å². The Hall–Kier alpha value is -1.35. The number of rotatable bonds is 29. The maximum atomic E-state index is 12.7. The average Bonchev–Trinajstić information content (AvgIpc) is 3.56. The molecule has 1 amide bonds. The summed E-state index contributed by atoms with van der Waals surface area (Å²) in [6.07, 6.45) is 17.3. The summed E-state index contributed by atoms with van der Waals surface area (Å²) in [5.74, 6) is 5.00. The number of nitrogens with zero attached hydrogens (tertiary/aromatic N) is 2. The zero-order chi connectivity index (χ0) is 43.5. The molecule has 0 spiro atoms. The van der Waals surface area contributed by atoms with Crippen molar-refractivity contribution in [2.45, 2.75) is 164 Å². The Morgan fingerprint density at radius 3 is 2.07 bits per heavy atom. The summed E-state index contributed by atoms with van der Waals surface area (Å²) < 4.78 is 42.7. The SMILES string of the molecule is CC(C)CCCC(C)C1CCC2C3CC=C4CC(OC(=O)NCCCOCCOCCOCCOCCOP(OCCC#N)N(C(C)C)C(C)C)CCC4(C)C3CCC12C. The molecule has 9 unspecified atom stereocenters. The van der Waals surface area contributed by atoms with E-state index < -0.39 is 8.53 Å². The molecule has 3 fully saturated rings. The monoisotopic (exact) mass is 864 g/mol. The summed E-state index contributed by atoms with van der Waals surface area (Å²) in [7, 11) is -1.25. The van der Waals surface area contributed by atoms with Crippen LogP contribution in [0.4, 0.5) is 4.79 Å². The smallest absolute Gasteiger partial charge is 0.407 e. The zero-order valence-electron chi connectivity index (χ0n) is 39.4. The first kappa shape index (κ1) is 51.3. The van der Waals surface area contributed by atoms with Crippen LogP contribution in [0.2, 0.25) is 0 Å². The fraction of sp³-hybridized carbons (Fsp3) is 0.917. The van der Waals surface area contributed by atoms with Gasteiger partial charge in [0.25, 0.3) is 8.53 Å². The predicted molar refractivity (Wildman–Crippen MR) is 240 cm³/mol. The molecule has 3 saturated carbocycles. The minimum atomic E-state index is -1.25. The van der Waals surface area contributed by atoms with Crippen molar-refractivity contribution in [3.8, 4) is 6.07 Å². The molecule has 0 aromatic carbocycles. The Kier molecular flexibility index (Phi) is 22.6. The highest BCUT2D eigenvalue weighted by atomic mass is 31.2. The van der Waals surface area contributed by atoms with Crippen molar-refractivity contribution in [2.75, 3.05) is 72.6 Å². The third-order valence-electron chi connectivity index (χ3n) is 14.5. The number of ether oxygens (including phenoxy) is 5. The van der Waals surface area contributed by atoms with Crippen molar-refractivity contribution < 1.29 is 37.5 Å². The van der Waals surface area contributed by atoms with Gasteiger partial charge in [0, 0.05) is 31.7 Å². The number of carbonyl (C=O) groups excluding carboxylic acids is 1. The Labute approximate surface area is 367 Å². The van der Waals surface area contributed by atoms with Crippen molar-refractivity contribution in [1.82, 2.24) is 9.99 Å². The molecule has 0 aromatic rings. The highest BCUT2D eigenvalue weighted by molar-refractivity contribution is 7.44. The van der Waals surface area contributed by atoms with E-state index in [1.165, 1.54) is 51.4 Å². The number of hydrogen-bond acceptors (Lipinski definition) is 10. The number of nitriles is 1. The first-order chi connectivity index (χ1) is 28.8. The van der Waals surface area contributed by atoms with Gasteiger partial charge < -0.3 is 38.0 Å². The molecule has 0 radical (unpaired) electrons. The topological polar surface area (TPSA) is 121 Å². The summed E-state index contributed by atoms with van der Waals surface area (Å²) in [4.78, 5) is 12.7. The lowest BCUT2D eigenvalue weighted by atomic mass is 9.47. The molecule has 11 nitrogen and oxygen atoms in total. The molecule has 4 aliphatic rings. The van der Waals surface area contributed by atoms with E-state index in [1.807, 2.05) is 0 Å². The predicted octanol–water partition coefficient (Wildman–Crippen LogP) is 10.9. The molecule has 12 heteroatoms. The van der Waals surface area contributed by atoms with Gasteiger partial charge in [-0.25, -0.2) is 9.46 Å². The number of alkyl carbamates (subject to hydrolysis) is 1. The van der Waals surface area contributed by atoms with Crippen molar-refractivity contribution in [2.24, 2.45) is 46.3 Å². The van der Waals surface area contributed by atoms with Gasteiger partial charge in [-0.1, -0.05) is 65.5 Å². The molecule has 4 rings (SSSR count). The molecule has 0 bridgehead atoms. The van der Waals surface area contributed by atoms with Crippen LogP contribution >= 0.6 is 8.53 Å². The van der Waals surface area contributed by atoms with Gasteiger partial charge in [-0.2, -0.15) is 5.26 Å². The summed E-state index contributed by atoms with van der Waals surface area (Å²) in [6, 6.07) is 2.65. The second-order valence-corrected chi connectivity index (χ2v) is 21.1. The largest absolute Gasteiger partial charge is 0.446 e. The van der Waals surface area contributed by atoms with Crippen LogP contribution in [0.15, 0.2) is 11.6 Å². The minimum absolute atomic E-state index is 0.0336. The van der Waals surface area contributed by atoms with Crippen LogP contribution in [-0.2, 0) is 32.7 Å². The molecule has 346 valence electrons. The second-order valence-electron chi connectivity index (χ2n) is 19.7. The lowest BCUT2D eigenvalue weighted by Crippen LogP contribution is -2.51. The van der Waals surface area contributed by atoms with E-state index in [4.69, 9.17) is 38.0 Å². The summed E-state index contributed by atoms with van der Waals surface area (Å²) in [5, 5.41) is 11.8. The van der Waals surface area contributed by atoms with Gasteiger partial charge >= 0.3 is 6.09 Å². The van der Waals surface area contributed by atoms with E-state index in [9.17, 15) is 4.79 Å². The van der Waals surface area contributed by atoms with Crippen LogP contribution in [0, 0.1) is 57.7 Å². The van der Waals surface area contributed by atoms with Gasteiger partial charge in [0.05, 0.1) is 72.0 Å². The molecule has 60 heavy (non-hydrogen) atoms. The minimum Gasteiger partial charge on any atom is -0.446 e. The van der Waals surface area contributed by atoms with Crippen molar-refractivity contribution in [1.29, 1.82) is 5.26 Å². The van der Waals surface area contributed by atoms with Crippen LogP contribution in [-0.4, -0.2) is 102 Å². The van der Waals surface area contributed by atoms with E-state index in [-0.39, 0.29) is 29.7 Å². The second kappa shape index (κ2) is 26.4. The molecular weight excluding hydrogens is 778 g/mol. The summed E-state index contributed by atoms with van der Waals surface area (Å²) >= 11 is 0. The van der Waals surface area contributed by atoms with Crippen LogP contribution in [0.5, 0.6) is 0 Å². The standard InChI is InChI=1S/C48H86N3O8P/c1-36(2)13-10-14-39(7)43-17-18-44-42-16-15-40-35-41(19-21-47(40,8)45(42)20-22-48(43,44)9)59-46(52)50-24-12-25-53-27-28-54-29-30-55-31-32-56-33-34-58-60(57-26-11-23-49)51(37(3)4)38(5)6/h15,36-39,41-45H,10-14,16-22,24-35H2,1-9H3,(H,50,52). The van der Waals surface area contributed by atoms with Crippen molar-refractivity contribution >= 4 is 14.6 Å². The number of hydrogen-bond donors (Lipinski definition) is 1. The van der Waals surface area contributed by atoms with Gasteiger partial charge in [0.1, 0.15) is 6.10 Å². The van der Waals surface area contributed by atoms with Crippen LogP contribution in [0.1, 0.15) is 146 Å². The van der Waals surface area contributed by atoms with Gasteiger partial charge in [0.15, 0.2) is 0 Å². The lowest BCUT2D eigenvalue weighted by molar-refractivity contribution is -0.0581. The third-order valence-corrected chi connectivity index (χ3v) is 16.6. The molecule has 0 saturated heterocycles. The Morgan fingerprint density at radius 2 is 1.43 bits per heavy atom. The number of allylic oxidation sites excluding steroid dienone is 1. The number of nitrogens with one attached hydrogen (secondary N) is 1. The van der Waals surface area contributed by atoms with Gasteiger partial charge in [-0.05, 0) is 125 Å². The fourth-order valence-electron chi connectivity index (χ4n) is 11.6. The molecule has 0 heterocycles. The lowest BCUT2D eigenvalue weighted by Gasteiger charge is -2.58. The van der Waals surface area contributed by atoms with Gasteiger partial charge in [-0.15, -0.1) is 0 Å². The molecule has 0 aromatic heterocycles. The summed E-state index contributed by atoms with van der Waals surface area (Å²) in [6.45, 7) is 26.2. The quantitative estimate of drug-likeness (QED) is 0.0442. The highest BCUT2D eigenvalue weighted by Crippen LogP contribution is 2.67. The molecule has 4 aliphatic carbocycles. The molecule has 0 aliphatic heterocycles. The highest BCUT2D eigenvalue weighted by Gasteiger charge is 2.59. The first-order valence-corrected chi connectivity index (χ1v) is 25.1. The Morgan fingerprint density at radius 1 is 0.800 bits per heavy atom. The number of fused-ring (bicyclic) bond motifs is 5. The normalized spacial score (nSPS) is 28.6. The van der Waals surface area contributed by atoms with E-state index in [0.717, 1.165) is 61.2 Å². The first-order valence-electron chi connectivity index (χ1n) is 24.0. The van der Waals surface area contributed by atoms with Crippen molar-refractivity contribution in [3.05, 3.63) is 11.6 Å². The molecule has 1 N–H and O–H groups in total. The van der Waals surface area contributed by atoms with E-state index in [0.29, 0.717) is 84.4 Å². The van der Waals surface area contributed by atoms with Crippen LogP contribution < -0.4 is 5.32 Å². The third kappa shape index (κ3) is 15.1. The Bertz CT molecular complexity index is 1300. The fourth-order valence-corrected chi connectivity index (χ4v) is 13.1. The van der Waals surface area contributed by atoms with E-state index >= 15 is 0 Å². The van der Waals surface area contributed by atoms with Crippen LogP contribution in [0.3, 0.4) is 0 Å². The van der Waals surface area contributed by atoms with E-state index in [1.54, 1.807) is 5.57 Å². The average molecular weight is 864 g/mol. The zero-order valence-corrected chi connectivity index (χ0v) is 40.2. The summed E-state index contributed by atoms with van der Waals surface area (Å²) in [5.41, 5.74) is 2.33.